The predicted molar refractivity (Wildman–Crippen MR) is 90.3 cm³/mol. The number of Topliss-reactive ketones (excluding diaryl/α,β-unsaturated/α-hetero) is 1. The standard InChI is InChI=1S/C16H24N4O4/c1-5-19-14-13(18(10-17-14)8-9-24-4)15(22)20(16(19)23)7-6-11(2)12(3)21/h10-11H,5-9H2,1-4H3. The summed E-state index contributed by atoms with van der Waals surface area (Å²) in [4.78, 5) is 41.0. The smallest absolute Gasteiger partial charge is 0.332 e. The number of hydrogen-bond donors (Lipinski definition) is 0. The van der Waals surface area contributed by atoms with Crippen LogP contribution in [-0.4, -0.2) is 38.2 Å². The van der Waals surface area contributed by atoms with Crippen molar-refractivity contribution in [2.24, 2.45) is 5.92 Å². The lowest BCUT2D eigenvalue weighted by molar-refractivity contribution is -0.120. The molecular weight excluding hydrogens is 312 g/mol. The van der Waals surface area contributed by atoms with Crippen molar-refractivity contribution in [3.8, 4) is 0 Å². The van der Waals surface area contributed by atoms with E-state index >= 15 is 0 Å². The summed E-state index contributed by atoms with van der Waals surface area (Å²) in [5.74, 6) is -0.148. The van der Waals surface area contributed by atoms with Gasteiger partial charge in [0.1, 0.15) is 5.78 Å². The molecule has 2 aromatic rings. The fraction of sp³-hybridized carbons (Fsp3) is 0.625. The number of imidazole rings is 1. The van der Waals surface area contributed by atoms with Crippen molar-refractivity contribution < 1.29 is 9.53 Å². The first-order valence-corrected chi connectivity index (χ1v) is 8.10. The highest BCUT2D eigenvalue weighted by molar-refractivity contribution is 5.77. The van der Waals surface area contributed by atoms with E-state index in [1.807, 2.05) is 6.92 Å². The van der Waals surface area contributed by atoms with E-state index in [0.29, 0.717) is 37.3 Å². The molecule has 2 aromatic heterocycles. The van der Waals surface area contributed by atoms with Crippen LogP contribution >= 0.6 is 0 Å². The Morgan fingerprint density at radius 2 is 2.00 bits per heavy atom. The van der Waals surface area contributed by atoms with Gasteiger partial charge in [-0.1, -0.05) is 6.92 Å². The van der Waals surface area contributed by atoms with Crippen LogP contribution in [0.5, 0.6) is 0 Å². The largest absolute Gasteiger partial charge is 0.383 e. The van der Waals surface area contributed by atoms with Crippen molar-refractivity contribution in [2.75, 3.05) is 13.7 Å². The zero-order valence-corrected chi connectivity index (χ0v) is 14.6. The van der Waals surface area contributed by atoms with Crippen LogP contribution in [0, 0.1) is 5.92 Å². The molecule has 2 rings (SSSR count). The Morgan fingerprint density at radius 1 is 1.29 bits per heavy atom. The summed E-state index contributed by atoms with van der Waals surface area (Å²) in [6.45, 7) is 6.70. The maximum atomic E-state index is 12.8. The third kappa shape index (κ3) is 3.33. The molecule has 0 aliphatic carbocycles. The maximum absolute atomic E-state index is 12.8. The van der Waals surface area contributed by atoms with Crippen LogP contribution in [0.4, 0.5) is 0 Å². The molecule has 0 bridgehead atoms. The number of ketones is 1. The molecular formula is C16H24N4O4. The van der Waals surface area contributed by atoms with Gasteiger partial charge in [-0.05, 0) is 20.3 Å². The van der Waals surface area contributed by atoms with Crippen LogP contribution < -0.4 is 11.2 Å². The first-order valence-electron chi connectivity index (χ1n) is 8.10. The molecule has 0 N–H and O–H groups in total. The van der Waals surface area contributed by atoms with Gasteiger partial charge in [-0.3, -0.25) is 18.7 Å². The molecule has 0 saturated carbocycles. The van der Waals surface area contributed by atoms with Crippen molar-refractivity contribution in [2.45, 2.75) is 46.8 Å². The number of methoxy groups -OCH3 is 1. The molecule has 24 heavy (non-hydrogen) atoms. The summed E-state index contributed by atoms with van der Waals surface area (Å²) in [6, 6.07) is 0. The van der Waals surface area contributed by atoms with Gasteiger partial charge in [-0.2, -0.15) is 0 Å². The van der Waals surface area contributed by atoms with Crippen molar-refractivity contribution >= 4 is 16.9 Å². The highest BCUT2D eigenvalue weighted by Crippen LogP contribution is 2.08. The molecule has 0 aromatic carbocycles. The average Bonchev–Trinajstić information content (AvgIpc) is 2.96. The summed E-state index contributed by atoms with van der Waals surface area (Å²) < 4.78 is 9.45. The summed E-state index contributed by atoms with van der Waals surface area (Å²) in [5.41, 5.74) is 0.0234. The number of fused-ring (bicyclic) bond motifs is 1. The van der Waals surface area contributed by atoms with Crippen molar-refractivity contribution in [1.82, 2.24) is 18.7 Å². The monoisotopic (exact) mass is 336 g/mol. The van der Waals surface area contributed by atoms with E-state index in [-0.39, 0.29) is 29.5 Å². The second-order valence-corrected chi connectivity index (χ2v) is 5.89. The number of rotatable bonds is 8. The van der Waals surface area contributed by atoms with Crippen molar-refractivity contribution in [3.63, 3.8) is 0 Å². The molecule has 0 aliphatic rings. The highest BCUT2D eigenvalue weighted by Gasteiger charge is 2.18. The van der Waals surface area contributed by atoms with Gasteiger partial charge >= 0.3 is 5.69 Å². The zero-order valence-electron chi connectivity index (χ0n) is 14.6. The minimum Gasteiger partial charge on any atom is -0.383 e. The molecule has 132 valence electrons. The molecule has 0 amide bonds. The van der Waals surface area contributed by atoms with Gasteiger partial charge < -0.3 is 9.30 Å². The molecule has 0 radical (unpaired) electrons. The lowest BCUT2D eigenvalue weighted by Gasteiger charge is -2.13. The van der Waals surface area contributed by atoms with Crippen LogP contribution in [0.1, 0.15) is 27.2 Å². The van der Waals surface area contributed by atoms with Crippen LogP contribution in [0.2, 0.25) is 0 Å². The van der Waals surface area contributed by atoms with E-state index in [9.17, 15) is 14.4 Å². The minimum atomic E-state index is -0.386. The molecule has 1 atom stereocenters. The van der Waals surface area contributed by atoms with Gasteiger partial charge in [0.05, 0.1) is 12.9 Å². The summed E-state index contributed by atoms with van der Waals surface area (Å²) in [7, 11) is 1.59. The maximum Gasteiger partial charge on any atom is 0.332 e. The van der Waals surface area contributed by atoms with Gasteiger partial charge in [0, 0.05) is 32.7 Å². The average molecular weight is 336 g/mol. The second kappa shape index (κ2) is 7.57. The molecule has 1 unspecified atom stereocenters. The van der Waals surface area contributed by atoms with E-state index in [0.717, 1.165) is 0 Å². The molecule has 0 fully saturated rings. The van der Waals surface area contributed by atoms with E-state index in [4.69, 9.17) is 4.74 Å². The number of hydrogen-bond acceptors (Lipinski definition) is 5. The molecule has 8 heteroatoms. The lowest BCUT2D eigenvalue weighted by Crippen LogP contribution is -2.41. The van der Waals surface area contributed by atoms with Crippen LogP contribution in [0.25, 0.3) is 11.2 Å². The van der Waals surface area contributed by atoms with Crippen LogP contribution in [0.3, 0.4) is 0 Å². The van der Waals surface area contributed by atoms with Gasteiger partial charge in [-0.15, -0.1) is 0 Å². The van der Waals surface area contributed by atoms with Gasteiger partial charge in [-0.25, -0.2) is 9.78 Å². The quantitative estimate of drug-likeness (QED) is 0.706. The molecule has 0 aliphatic heterocycles. The number of carbonyl (C=O) groups excluding carboxylic acids is 1. The SMILES string of the molecule is CCn1c(=O)n(CCC(C)C(C)=O)c(=O)c2c1ncn2CCOC. The number of carbonyl (C=O) groups is 1. The van der Waals surface area contributed by atoms with Gasteiger partial charge in [0.25, 0.3) is 5.56 Å². The first-order chi connectivity index (χ1) is 11.4. The van der Waals surface area contributed by atoms with E-state index in [2.05, 4.69) is 4.98 Å². The third-order valence-corrected chi connectivity index (χ3v) is 4.32. The second-order valence-electron chi connectivity index (χ2n) is 5.89. The minimum absolute atomic E-state index is 0.0464. The van der Waals surface area contributed by atoms with E-state index in [1.165, 1.54) is 16.1 Å². The number of aryl methyl sites for hydroxylation is 1. The molecule has 0 spiro atoms. The Bertz CT molecular complexity index is 846. The van der Waals surface area contributed by atoms with Crippen LogP contribution in [0.15, 0.2) is 15.9 Å². The summed E-state index contributed by atoms with van der Waals surface area (Å²) in [6.07, 6.45) is 2.01. The molecule has 0 saturated heterocycles. The van der Waals surface area contributed by atoms with Crippen LogP contribution in [-0.2, 0) is 29.2 Å². The van der Waals surface area contributed by atoms with Crippen molar-refractivity contribution in [3.05, 3.63) is 27.2 Å². The molecule has 2 heterocycles. The van der Waals surface area contributed by atoms with Gasteiger partial charge in [0.15, 0.2) is 11.2 Å². The highest BCUT2D eigenvalue weighted by atomic mass is 16.5. The fourth-order valence-electron chi connectivity index (χ4n) is 2.61. The third-order valence-electron chi connectivity index (χ3n) is 4.32. The first kappa shape index (κ1) is 18.1. The van der Waals surface area contributed by atoms with E-state index < -0.39 is 0 Å². The zero-order chi connectivity index (χ0) is 17.9. The normalized spacial score (nSPS) is 12.7. The number of nitrogens with zero attached hydrogens (tertiary/aromatic N) is 4. The lowest BCUT2D eigenvalue weighted by atomic mass is 10.0. The van der Waals surface area contributed by atoms with Crippen molar-refractivity contribution in [1.29, 1.82) is 0 Å². The number of ether oxygens (including phenoxy) is 1. The van der Waals surface area contributed by atoms with E-state index in [1.54, 1.807) is 24.9 Å². The Labute approximate surface area is 139 Å². The molecule has 8 nitrogen and oxygen atoms in total. The fourth-order valence-corrected chi connectivity index (χ4v) is 2.61. The number of aromatic nitrogens is 4. The predicted octanol–water partition coefficient (Wildman–Crippen LogP) is 0.641. The Balaban J connectivity index is 2.56. The summed E-state index contributed by atoms with van der Waals surface area (Å²) in [5, 5.41) is 0. The Morgan fingerprint density at radius 3 is 2.58 bits per heavy atom. The summed E-state index contributed by atoms with van der Waals surface area (Å²) >= 11 is 0. The topological polar surface area (TPSA) is 88.1 Å². The Kier molecular flexibility index (Phi) is 5.71. The Hall–Kier alpha value is -2.22. The van der Waals surface area contributed by atoms with Gasteiger partial charge in [0.2, 0.25) is 0 Å².